The number of rotatable bonds is 9. The van der Waals surface area contributed by atoms with E-state index in [0.717, 1.165) is 0 Å². The largest absolute Gasteiger partial charge is 0.459 e. The highest BCUT2D eigenvalue weighted by atomic mass is 16.8. The third-order valence-electron chi connectivity index (χ3n) is 6.86. The summed E-state index contributed by atoms with van der Waals surface area (Å²) in [5.41, 5.74) is -1.36. The Bertz CT molecular complexity index is 1700. The summed E-state index contributed by atoms with van der Waals surface area (Å²) in [5, 5.41) is 0. The molecule has 0 amide bonds. The van der Waals surface area contributed by atoms with Crippen LogP contribution < -0.4 is 0 Å². The van der Waals surface area contributed by atoms with Gasteiger partial charge in [-0.3, -0.25) is 0 Å². The lowest BCUT2D eigenvalue weighted by Gasteiger charge is -2.32. The fourth-order valence-electron chi connectivity index (χ4n) is 4.70. The Morgan fingerprint density at radius 2 is 1.04 bits per heavy atom. The molecule has 1 saturated heterocycles. The van der Waals surface area contributed by atoms with Gasteiger partial charge in [-0.15, -0.1) is 5.92 Å². The summed E-state index contributed by atoms with van der Waals surface area (Å²) < 4.78 is 29.4. The first-order valence-corrected chi connectivity index (χ1v) is 14.0. The van der Waals surface area contributed by atoms with Crippen molar-refractivity contribution in [3.63, 3.8) is 0 Å². The topological polar surface area (TPSA) is 114 Å². The van der Waals surface area contributed by atoms with Crippen LogP contribution in [0.1, 0.15) is 48.4 Å². The average Bonchev–Trinajstić information content (AvgIpc) is 3.35. The second kappa shape index (κ2) is 14.2. The van der Waals surface area contributed by atoms with Crippen molar-refractivity contribution in [3.8, 4) is 11.8 Å². The van der Waals surface area contributed by atoms with E-state index in [-0.39, 0.29) is 22.3 Å². The van der Waals surface area contributed by atoms with Crippen LogP contribution in [0.15, 0.2) is 121 Å². The number of carbonyl (C=O) groups excluding carboxylic acids is 4. The lowest BCUT2D eigenvalue weighted by molar-refractivity contribution is -0.161. The summed E-state index contributed by atoms with van der Waals surface area (Å²) in [6, 6.07) is 32.5. The second-order valence-corrected chi connectivity index (χ2v) is 9.86. The molecule has 9 nitrogen and oxygen atoms in total. The normalized spacial score (nSPS) is 20.2. The van der Waals surface area contributed by atoms with Gasteiger partial charge >= 0.3 is 23.9 Å². The SMILES string of the molecule is CC#C[C@]1(OC(=O)c2ccccc2)C(OC(=O)c2ccccc2)O[C@H](COC(=O)c2ccccc2)[C@H]1OC(=O)c1ccccc1. The smallest absolute Gasteiger partial charge is 0.340 e. The van der Waals surface area contributed by atoms with Gasteiger partial charge in [0.05, 0.1) is 22.3 Å². The Kier molecular flexibility index (Phi) is 9.67. The molecule has 0 saturated carbocycles. The van der Waals surface area contributed by atoms with Crippen LogP contribution in [0.5, 0.6) is 0 Å². The molecule has 1 aliphatic rings. The first-order chi connectivity index (χ1) is 21.9. The summed E-state index contributed by atoms with van der Waals surface area (Å²) in [4.78, 5) is 53.1. The molecule has 0 spiro atoms. The molecule has 5 rings (SSSR count). The molecule has 4 aromatic carbocycles. The van der Waals surface area contributed by atoms with Crippen LogP contribution in [0, 0.1) is 11.8 Å². The van der Waals surface area contributed by atoms with Crippen LogP contribution >= 0.6 is 0 Å². The van der Waals surface area contributed by atoms with Crippen LogP contribution in [-0.2, 0) is 23.7 Å². The molecule has 226 valence electrons. The van der Waals surface area contributed by atoms with E-state index in [1.807, 2.05) is 0 Å². The van der Waals surface area contributed by atoms with Crippen LogP contribution in [0.4, 0.5) is 0 Å². The van der Waals surface area contributed by atoms with Crippen molar-refractivity contribution in [1.82, 2.24) is 0 Å². The first-order valence-electron chi connectivity index (χ1n) is 14.0. The van der Waals surface area contributed by atoms with Gasteiger partial charge in [0.25, 0.3) is 11.9 Å². The van der Waals surface area contributed by atoms with Gasteiger partial charge in [-0.2, -0.15) is 0 Å². The predicted molar refractivity (Wildman–Crippen MR) is 161 cm³/mol. The molecule has 0 aromatic heterocycles. The Morgan fingerprint density at radius 1 is 0.622 bits per heavy atom. The Hall–Kier alpha value is -5.72. The molecular weight excluding hydrogens is 576 g/mol. The molecule has 0 N–H and O–H groups in total. The minimum Gasteiger partial charge on any atom is -0.459 e. The van der Waals surface area contributed by atoms with Crippen LogP contribution in [0.3, 0.4) is 0 Å². The zero-order valence-electron chi connectivity index (χ0n) is 24.2. The summed E-state index contributed by atoms with van der Waals surface area (Å²) in [6.45, 7) is 1.02. The van der Waals surface area contributed by atoms with E-state index >= 15 is 0 Å². The zero-order valence-corrected chi connectivity index (χ0v) is 24.2. The van der Waals surface area contributed by atoms with Gasteiger partial charge in [-0.05, 0) is 61.4 Å². The van der Waals surface area contributed by atoms with Gasteiger partial charge in [0.2, 0.25) is 0 Å². The van der Waals surface area contributed by atoms with Crippen LogP contribution in [0.25, 0.3) is 0 Å². The highest BCUT2D eigenvalue weighted by molar-refractivity contribution is 5.92. The molecule has 0 aliphatic carbocycles. The molecule has 4 aromatic rings. The lowest BCUT2D eigenvalue weighted by atomic mass is 9.94. The van der Waals surface area contributed by atoms with E-state index in [9.17, 15) is 19.2 Å². The highest BCUT2D eigenvalue weighted by Gasteiger charge is 2.64. The van der Waals surface area contributed by atoms with Crippen molar-refractivity contribution < 1.29 is 42.9 Å². The van der Waals surface area contributed by atoms with Gasteiger partial charge in [-0.1, -0.05) is 72.8 Å². The maximum absolute atomic E-state index is 13.5. The van der Waals surface area contributed by atoms with Gasteiger partial charge in [0, 0.05) is 0 Å². The molecule has 1 unspecified atom stereocenters. The molecule has 9 heteroatoms. The third kappa shape index (κ3) is 7.09. The number of carbonyl (C=O) groups is 4. The third-order valence-corrected chi connectivity index (χ3v) is 6.86. The van der Waals surface area contributed by atoms with E-state index in [2.05, 4.69) is 11.8 Å². The monoisotopic (exact) mass is 604 g/mol. The molecule has 45 heavy (non-hydrogen) atoms. The molecule has 4 atom stereocenters. The molecule has 1 heterocycles. The van der Waals surface area contributed by atoms with E-state index < -0.39 is 54.6 Å². The number of ether oxygens (including phenoxy) is 5. The van der Waals surface area contributed by atoms with Crippen LogP contribution in [0.2, 0.25) is 0 Å². The summed E-state index contributed by atoms with van der Waals surface area (Å²) >= 11 is 0. The molecular formula is C36H28O9. The van der Waals surface area contributed by atoms with Gasteiger partial charge in [-0.25, -0.2) is 19.2 Å². The lowest BCUT2D eigenvalue weighted by Crippen LogP contribution is -2.54. The number of hydrogen-bond acceptors (Lipinski definition) is 9. The standard InChI is InChI=1S/C36H28O9/c1-2-23-36(45-34(40)28-21-13-6-14-22-28)30(43-32(38)26-17-9-4-10-18-26)29(24-41-31(37)25-15-7-3-8-16-25)42-35(36)44-33(39)27-19-11-5-12-20-27/h3-22,29-30,35H,24H2,1H3/t29-,30-,35?,36-/m1/s1. The zero-order chi connectivity index (χ0) is 31.6. The number of benzene rings is 4. The minimum absolute atomic E-state index is 0.162. The quantitative estimate of drug-likeness (QED) is 0.143. The number of hydrogen-bond donors (Lipinski definition) is 0. The van der Waals surface area contributed by atoms with E-state index in [0.29, 0.717) is 0 Å². The van der Waals surface area contributed by atoms with Crippen molar-refractivity contribution >= 4 is 23.9 Å². The first kappa shape index (κ1) is 30.7. The van der Waals surface area contributed by atoms with Crippen molar-refractivity contribution in [3.05, 3.63) is 144 Å². The Balaban J connectivity index is 1.55. The summed E-state index contributed by atoms with van der Waals surface area (Å²) in [6.07, 6.45) is -4.48. The Morgan fingerprint density at radius 3 is 1.51 bits per heavy atom. The second-order valence-electron chi connectivity index (χ2n) is 9.86. The minimum atomic E-state index is -2.17. The van der Waals surface area contributed by atoms with Crippen LogP contribution in [-0.4, -0.2) is 54.6 Å². The van der Waals surface area contributed by atoms with Gasteiger partial charge < -0.3 is 23.7 Å². The molecule has 1 fully saturated rings. The maximum atomic E-state index is 13.5. The number of esters is 4. The highest BCUT2D eigenvalue weighted by Crippen LogP contribution is 2.39. The molecule has 0 bridgehead atoms. The van der Waals surface area contributed by atoms with E-state index in [4.69, 9.17) is 23.7 Å². The molecule has 1 aliphatic heterocycles. The van der Waals surface area contributed by atoms with E-state index in [1.54, 1.807) is 97.1 Å². The van der Waals surface area contributed by atoms with Crippen molar-refractivity contribution in [2.24, 2.45) is 0 Å². The predicted octanol–water partition coefficient (Wildman–Crippen LogP) is 5.27. The summed E-state index contributed by atoms with van der Waals surface area (Å²) in [5.74, 6) is 2.39. The van der Waals surface area contributed by atoms with Gasteiger partial charge in [0.1, 0.15) is 12.7 Å². The maximum Gasteiger partial charge on any atom is 0.340 e. The summed E-state index contributed by atoms with van der Waals surface area (Å²) in [7, 11) is 0. The van der Waals surface area contributed by atoms with Gasteiger partial charge in [0.15, 0.2) is 6.10 Å². The van der Waals surface area contributed by atoms with Crippen molar-refractivity contribution in [2.45, 2.75) is 31.0 Å². The Labute approximate surface area is 259 Å². The average molecular weight is 605 g/mol. The van der Waals surface area contributed by atoms with E-state index in [1.165, 1.54) is 31.2 Å². The fourth-order valence-corrected chi connectivity index (χ4v) is 4.70. The molecule has 0 radical (unpaired) electrons. The fraction of sp³-hybridized carbons (Fsp3) is 0.167. The van der Waals surface area contributed by atoms with Crippen molar-refractivity contribution in [2.75, 3.05) is 6.61 Å². The van der Waals surface area contributed by atoms with Crippen molar-refractivity contribution in [1.29, 1.82) is 0 Å².